The van der Waals surface area contributed by atoms with Gasteiger partial charge in [0.25, 0.3) is 0 Å². The van der Waals surface area contributed by atoms with Crippen LogP contribution in [0, 0.1) is 13.8 Å². The lowest BCUT2D eigenvalue weighted by atomic mass is 10.1. The van der Waals surface area contributed by atoms with E-state index in [0.717, 1.165) is 16.5 Å². The summed E-state index contributed by atoms with van der Waals surface area (Å²) in [6, 6.07) is 3.86. The molecule has 78 valence electrons. The third kappa shape index (κ3) is 1.70. The maximum atomic E-state index is 11.4. The van der Waals surface area contributed by atoms with Crippen LogP contribution < -0.4 is 5.63 Å². The molecule has 2 aromatic rings. The first-order valence-corrected chi connectivity index (χ1v) is 5.57. The van der Waals surface area contributed by atoms with Crippen molar-refractivity contribution in [3.05, 3.63) is 43.2 Å². The Balaban J connectivity index is 3.05. The molecule has 0 aliphatic heterocycles. The average molecular weight is 288 g/mol. The molecule has 2 nitrogen and oxygen atoms in total. The molecule has 0 N–H and O–H groups in total. The van der Waals surface area contributed by atoms with Crippen molar-refractivity contribution in [1.82, 2.24) is 0 Å². The van der Waals surface area contributed by atoms with Crippen molar-refractivity contribution in [3.63, 3.8) is 0 Å². The molecule has 1 aromatic carbocycles. The Hall–Kier alpha value is -0.800. The van der Waals surface area contributed by atoms with E-state index in [0.29, 0.717) is 10.6 Å². The van der Waals surface area contributed by atoms with Gasteiger partial charge in [0.05, 0.1) is 5.02 Å². The lowest BCUT2D eigenvalue weighted by molar-refractivity contribution is 0.554. The minimum Gasteiger partial charge on any atom is -0.422 e. The number of hydrogen-bond acceptors (Lipinski definition) is 2. The summed E-state index contributed by atoms with van der Waals surface area (Å²) >= 11 is 9.18. The molecule has 0 atom stereocenters. The molecule has 0 aliphatic carbocycles. The van der Waals surface area contributed by atoms with E-state index in [9.17, 15) is 4.79 Å². The second kappa shape index (κ2) is 3.65. The van der Waals surface area contributed by atoms with Crippen LogP contribution in [0.15, 0.2) is 25.8 Å². The number of hydrogen-bond donors (Lipinski definition) is 0. The van der Waals surface area contributed by atoms with Gasteiger partial charge in [-0.3, -0.25) is 0 Å². The summed E-state index contributed by atoms with van der Waals surface area (Å²) in [6.45, 7) is 3.87. The molecular weight excluding hydrogens is 279 g/mol. The van der Waals surface area contributed by atoms with Crippen LogP contribution in [-0.4, -0.2) is 0 Å². The Morgan fingerprint density at radius 2 is 2.00 bits per heavy atom. The van der Waals surface area contributed by atoms with E-state index in [1.807, 2.05) is 26.0 Å². The number of benzene rings is 1. The standard InChI is InChI=1S/C11H8BrClO2/c1-5-3-6(2)10-7(4-5)9(13)8(12)11(14)15-10/h3-4H,1-2H3. The number of aryl methyl sites for hydroxylation is 2. The molecule has 0 saturated carbocycles. The highest BCUT2D eigenvalue weighted by molar-refractivity contribution is 9.10. The lowest BCUT2D eigenvalue weighted by Gasteiger charge is -2.05. The third-order valence-electron chi connectivity index (χ3n) is 2.22. The average Bonchev–Trinajstić information content (AvgIpc) is 2.17. The number of fused-ring (bicyclic) bond motifs is 1. The first-order valence-electron chi connectivity index (χ1n) is 4.40. The highest BCUT2D eigenvalue weighted by Crippen LogP contribution is 2.30. The molecular formula is C11H8BrClO2. The highest BCUT2D eigenvalue weighted by atomic mass is 79.9. The van der Waals surface area contributed by atoms with Gasteiger partial charge in [-0.05, 0) is 47.0 Å². The molecule has 15 heavy (non-hydrogen) atoms. The molecule has 0 fully saturated rings. The quantitative estimate of drug-likeness (QED) is 0.689. The van der Waals surface area contributed by atoms with Crippen molar-refractivity contribution < 1.29 is 4.42 Å². The molecule has 0 aliphatic rings. The Morgan fingerprint density at radius 3 is 2.67 bits per heavy atom. The van der Waals surface area contributed by atoms with Crippen molar-refractivity contribution in [2.24, 2.45) is 0 Å². The Bertz CT molecular complexity index is 602. The van der Waals surface area contributed by atoms with E-state index in [4.69, 9.17) is 16.0 Å². The molecule has 0 unspecified atom stereocenters. The molecule has 0 saturated heterocycles. The van der Waals surface area contributed by atoms with E-state index in [1.54, 1.807) is 0 Å². The van der Waals surface area contributed by atoms with Gasteiger partial charge in [-0.2, -0.15) is 0 Å². The third-order valence-corrected chi connectivity index (χ3v) is 3.56. The molecule has 1 aromatic heterocycles. The molecule has 0 amide bonds. The predicted molar refractivity (Wildman–Crippen MR) is 64.7 cm³/mol. The van der Waals surface area contributed by atoms with Gasteiger partial charge in [-0.25, -0.2) is 4.79 Å². The fraction of sp³-hybridized carbons (Fsp3) is 0.182. The minimum atomic E-state index is -0.445. The normalized spacial score (nSPS) is 10.9. The molecule has 0 bridgehead atoms. The van der Waals surface area contributed by atoms with Crippen molar-refractivity contribution in [2.75, 3.05) is 0 Å². The SMILES string of the molecule is Cc1cc(C)c2oc(=O)c(Br)c(Cl)c2c1. The fourth-order valence-electron chi connectivity index (χ4n) is 1.60. The lowest BCUT2D eigenvalue weighted by Crippen LogP contribution is -2.01. The van der Waals surface area contributed by atoms with Crippen LogP contribution in [0.3, 0.4) is 0 Å². The van der Waals surface area contributed by atoms with Crippen molar-refractivity contribution in [2.45, 2.75) is 13.8 Å². The number of rotatable bonds is 0. The molecule has 0 spiro atoms. The van der Waals surface area contributed by atoms with E-state index in [1.165, 1.54) is 0 Å². The summed E-state index contributed by atoms with van der Waals surface area (Å²) in [5, 5.41) is 1.17. The Morgan fingerprint density at radius 1 is 1.33 bits per heavy atom. The monoisotopic (exact) mass is 286 g/mol. The zero-order chi connectivity index (χ0) is 11.2. The predicted octanol–water partition coefficient (Wildman–Crippen LogP) is 3.83. The van der Waals surface area contributed by atoms with Gasteiger partial charge in [-0.15, -0.1) is 0 Å². The van der Waals surface area contributed by atoms with Gasteiger partial charge >= 0.3 is 5.63 Å². The van der Waals surface area contributed by atoms with Crippen molar-refractivity contribution in [1.29, 1.82) is 0 Å². The zero-order valence-electron chi connectivity index (χ0n) is 8.23. The topological polar surface area (TPSA) is 30.2 Å². The van der Waals surface area contributed by atoms with Crippen LogP contribution in [0.4, 0.5) is 0 Å². The number of halogens is 2. The van der Waals surface area contributed by atoms with Crippen molar-refractivity contribution in [3.8, 4) is 0 Å². The van der Waals surface area contributed by atoms with Gasteiger partial charge in [0.15, 0.2) is 0 Å². The van der Waals surface area contributed by atoms with Gasteiger partial charge in [-0.1, -0.05) is 17.7 Å². The molecule has 4 heteroatoms. The molecule has 2 rings (SSSR count). The van der Waals surface area contributed by atoms with Crippen LogP contribution in [0.25, 0.3) is 11.0 Å². The smallest absolute Gasteiger partial charge is 0.352 e. The zero-order valence-corrected chi connectivity index (χ0v) is 10.6. The summed E-state index contributed by atoms with van der Waals surface area (Å²) in [5.41, 5.74) is 2.11. The van der Waals surface area contributed by atoms with E-state index in [-0.39, 0.29) is 4.47 Å². The first kappa shape index (κ1) is 10.7. The van der Waals surface area contributed by atoms with Crippen LogP contribution in [0.2, 0.25) is 5.02 Å². The Kier molecular flexibility index (Phi) is 2.61. The largest absolute Gasteiger partial charge is 0.422 e. The summed E-state index contributed by atoms with van der Waals surface area (Å²) in [6.07, 6.45) is 0. The highest BCUT2D eigenvalue weighted by Gasteiger charge is 2.12. The van der Waals surface area contributed by atoms with Crippen LogP contribution in [0.5, 0.6) is 0 Å². The van der Waals surface area contributed by atoms with E-state index >= 15 is 0 Å². The van der Waals surface area contributed by atoms with Gasteiger partial charge in [0.1, 0.15) is 10.1 Å². The summed E-state index contributed by atoms with van der Waals surface area (Å²) in [7, 11) is 0. The van der Waals surface area contributed by atoms with Crippen molar-refractivity contribution >= 4 is 38.5 Å². The van der Waals surface area contributed by atoms with E-state index in [2.05, 4.69) is 15.9 Å². The minimum absolute atomic E-state index is 0.279. The van der Waals surface area contributed by atoms with Gasteiger partial charge in [0.2, 0.25) is 0 Å². The molecule has 1 heterocycles. The Labute approximate surface area is 100.0 Å². The van der Waals surface area contributed by atoms with Gasteiger partial charge < -0.3 is 4.42 Å². The second-order valence-electron chi connectivity index (χ2n) is 3.48. The second-order valence-corrected chi connectivity index (χ2v) is 4.65. The van der Waals surface area contributed by atoms with Gasteiger partial charge in [0, 0.05) is 5.39 Å². The van der Waals surface area contributed by atoms with Crippen LogP contribution in [-0.2, 0) is 0 Å². The summed E-state index contributed by atoms with van der Waals surface area (Å²) in [5.74, 6) is 0. The summed E-state index contributed by atoms with van der Waals surface area (Å²) in [4.78, 5) is 11.4. The fourth-order valence-corrected chi connectivity index (χ4v) is 2.11. The molecule has 0 radical (unpaired) electrons. The van der Waals surface area contributed by atoms with E-state index < -0.39 is 5.63 Å². The van der Waals surface area contributed by atoms with Crippen LogP contribution in [0.1, 0.15) is 11.1 Å². The maximum Gasteiger partial charge on any atom is 0.352 e. The first-order chi connectivity index (χ1) is 7.00. The maximum absolute atomic E-state index is 11.4. The van der Waals surface area contributed by atoms with Crippen LogP contribution >= 0.6 is 27.5 Å². The summed E-state index contributed by atoms with van der Waals surface area (Å²) < 4.78 is 5.45.